The Kier molecular flexibility index (Phi) is 7.26. The topological polar surface area (TPSA) is 73.9 Å². The Balaban J connectivity index is 1.42. The van der Waals surface area contributed by atoms with E-state index in [0.29, 0.717) is 37.9 Å². The van der Waals surface area contributed by atoms with E-state index in [9.17, 15) is 18.4 Å². The molecule has 1 atom stereocenters. The van der Waals surface area contributed by atoms with Gasteiger partial charge < -0.3 is 15.4 Å². The molecule has 29 heavy (non-hydrogen) atoms. The van der Waals surface area contributed by atoms with Crippen LogP contribution >= 0.6 is 11.6 Å². The molecule has 1 unspecified atom stereocenters. The smallest absolute Gasteiger partial charge is 0.387 e. The van der Waals surface area contributed by atoms with Crippen molar-refractivity contribution in [2.24, 2.45) is 0 Å². The Bertz CT molecular complexity index is 740. The highest BCUT2D eigenvalue weighted by molar-refractivity contribution is 6.32. The standard InChI is InChI=1S/C19H25ClF2N4O3/c1-12(18(28)24-13-2-3-13)26-8-6-25(7-9-26)11-17(27)23-14-4-5-16(15(20)10-14)29-19(21)22/h4-5,10,12-13,19H,2-3,6-9,11H2,1H3,(H,23,27)(H,24,28). The van der Waals surface area contributed by atoms with Gasteiger partial charge in [0, 0.05) is 37.9 Å². The molecule has 0 spiro atoms. The molecular formula is C19H25ClF2N4O3. The number of benzene rings is 1. The molecule has 1 aromatic carbocycles. The Morgan fingerprint density at radius 1 is 1.24 bits per heavy atom. The van der Waals surface area contributed by atoms with Gasteiger partial charge in [-0.05, 0) is 38.0 Å². The average Bonchev–Trinajstić information content (AvgIpc) is 3.47. The van der Waals surface area contributed by atoms with Crippen LogP contribution in [0.2, 0.25) is 5.02 Å². The maximum atomic E-state index is 12.3. The Labute approximate surface area is 173 Å². The number of hydrogen-bond donors (Lipinski definition) is 2. The SMILES string of the molecule is CC(C(=O)NC1CC1)N1CCN(CC(=O)Nc2ccc(OC(F)F)c(Cl)c2)CC1. The van der Waals surface area contributed by atoms with E-state index in [1.54, 1.807) is 0 Å². The minimum Gasteiger partial charge on any atom is -0.433 e. The number of rotatable bonds is 8. The summed E-state index contributed by atoms with van der Waals surface area (Å²) in [5.74, 6) is -0.304. The number of carbonyl (C=O) groups excluding carboxylic acids is 2. The first kappa shape index (κ1) is 21.7. The molecule has 0 radical (unpaired) electrons. The van der Waals surface area contributed by atoms with Gasteiger partial charge in [-0.1, -0.05) is 11.6 Å². The Morgan fingerprint density at radius 3 is 2.52 bits per heavy atom. The molecule has 1 aliphatic carbocycles. The number of amides is 2. The molecule has 2 fully saturated rings. The van der Waals surface area contributed by atoms with E-state index < -0.39 is 6.61 Å². The minimum absolute atomic E-state index is 0.00447. The molecule has 1 aliphatic heterocycles. The summed E-state index contributed by atoms with van der Waals surface area (Å²) in [4.78, 5) is 28.6. The van der Waals surface area contributed by atoms with Gasteiger partial charge in [0.05, 0.1) is 17.6 Å². The first-order valence-corrected chi connectivity index (χ1v) is 10.0. The normalized spacial score (nSPS) is 19.1. The second kappa shape index (κ2) is 9.69. The summed E-state index contributed by atoms with van der Waals surface area (Å²) in [5, 5.41) is 5.72. The van der Waals surface area contributed by atoms with Crippen LogP contribution in [0.5, 0.6) is 5.75 Å². The summed E-state index contributed by atoms with van der Waals surface area (Å²) >= 11 is 5.90. The molecule has 2 aliphatic rings. The summed E-state index contributed by atoms with van der Waals surface area (Å²) in [6, 6.07) is 4.29. The lowest BCUT2D eigenvalue weighted by Gasteiger charge is -2.37. The number of hydrogen-bond acceptors (Lipinski definition) is 5. The van der Waals surface area contributed by atoms with Crippen LogP contribution in [-0.4, -0.2) is 73.0 Å². The van der Waals surface area contributed by atoms with Gasteiger partial charge in [-0.2, -0.15) is 8.78 Å². The molecule has 1 saturated heterocycles. The molecule has 0 aromatic heterocycles. The third-order valence-corrected chi connectivity index (χ3v) is 5.35. The van der Waals surface area contributed by atoms with Crippen molar-refractivity contribution in [3.8, 4) is 5.75 Å². The third kappa shape index (κ3) is 6.52. The number of piperazine rings is 1. The maximum Gasteiger partial charge on any atom is 0.387 e. The van der Waals surface area contributed by atoms with Gasteiger partial charge in [-0.25, -0.2) is 0 Å². The van der Waals surface area contributed by atoms with E-state index in [1.165, 1.54) is 18.2 Å². The van der Waals surface area contributed by atoms with Gasteiger partial charge in [-0.3, -0.25) is 19.4 Å². The van der Waals surface area contributed by atoms with Crippen molar-refractivity contribution in [2.75, 3.05) is 38.0 Å². The highest BCUT2D eigenvalue weighted by Crippen LogP contribution is 2.29. The number of carbonyl (C=O) groups is 2. The van der Waals surface area contributed by atoms with Crippen molar-refractivity contribution >= 4 is 29.1 Å². The molecule has 1 heterocycles. The van der Waals surface area contributed by atoms with Gasteiger partial charge in [0.25, 0.3) is 0 Å². The van der Waals surface area contributed by atoms with Crippen molar-refractivity contribution in [3.63, 3.8) is 0 Å². The lowest BCUT2D eigenvalue weighted by atomic mass is 10.2. The number of halogens is 3. The quantitative estimate of drug-likeness (QED) is 0.661. The largest absolute Gasteiger partial charge is 0.433 e. The lowest BCUT2D eigenvalue weighted by Crippen LogP contribution is -2.55. The maximum absolute atomic E-state index is 12.3. The van der Waals surface area contributed by atoms with E-state index >= 15 is 0 Å². The van der Waals surface area contributed by atoms with Gasteiger partial charge in [0.15, 0.2) is 0 Å². The highest BCUT2D eigenvalue weighted by atomic mass is 35.5. The first-order chi connectivity index (χ1) is 13.8. The summed E-state index contributed by atoms with van der Waals surface area (Å²) < 4.78 is 28.8. The average molecular weight is 431 g/mol. The van der Waals surface area contributed by atoms with Crippen LogP contribution in [0.1, 0.15) is 19.8 Å². The zero-order valence-electron chi connectivity index (χ0n) is 16.2. The monoisotopic (exact) mass is 430 g/mol. The minimum atomic E-state index is -2.96. The van der Waals surface area contributed by atoms with Crippen molar-refractivity contribution in [2.45, 2.75) is 38.5 Å². The molecule has 10 heteroatoms. The second-order valence-electron chi connectivity index (χ2n) is 7.34. The molecule has 7 nitrogen and oxygen atoms in total. The fraction of sp³-hybridized carbons (Fsp3) is 0.579. The van der Waals surface area contributed by atoms with Gasteiger partial charge in [0.2, 0.25) is 11.8 Å². The van der Waals surface area contributed by atoms with E-state index in [2.05, 4.69) is 20.3 Å². The van der Waals surface area contributed by atoms with Crippen LogP contribution in [0.25, 0.3) is 0 Å². The predicted octanol–water partition coefficient (Wildman–Crippen LogP) is 2.16. The van der Waals surface area contributed by atoms with Crippen LogP contribution in [0, 0.1) is 0 Å². The van der Waals surface area contributed by atoms with Crippen molar-refractivity contribution in [1.82, 2.24) is 15.1 Å². The Hall–Kier alpha value is -1.97. The van der Waals surface area contributed by atoms with Crippen molar-refractivity contribution in [3.05, 3.63) is 23.2 Å². The summed E-state index contributed by atoms with van der Waals surface area (Å²) in [5.41, 5.74) is 0.408. The predicted molar refractivity (Wildman–Crippen MR) is 105 cm³/mol. The van der Waals surface area contributed by atoms with Crippen LogP contribution in [-0.2, 0) is 9.59 Å². The van der Waals surface area contributed by atoms with E-state index in [-0.39, 0.29) is 35.2 Å². The second-order valence-corrected chi connectivity index (χ2v) is 7.75. The number of nitrogens with zero attached hydrogens (tertiary/aromatic N) is 2. The van der Waals surface area contributed by atoms with E-state index in [0.717, 1.165) is 12.8 Å². The van der Waals surface area contributed by atoms with E-state index in [1.807, 2.05) is 11.8 Å². The fourth-order valence-corrected chi connectivity index (χ4v) is 3.42. The highest BCUT2D eigenvalue weighted by Gasteiger charge is 2.30. The number of alkyl halides is 2. The summed E-state index contributed by atoms with van der Waals surface area (Å²) in [6.45, 7) is 1.91. The molecule has 0 bridgehead atoms. The zero-order chi connectivity index (χ0) is 21.0. The molecule has 1 saturated carbocycles. The number of anilines is 1. The zero-order valence-corrected chi connectivity index (χ0v) is 16.9. The fourth-order valence-electron chi connectivity index (χ4n) is 3.20. The Morgan fingerprint density at radius 2 is 1.93 bits per heavy atom. The number of nitrogens with one attached hydrogen (secondary N) is 2. The van der Waals surface area contributed by atoms with Crippen LogP contribution in [0.3, 0.4) is 0 Å². The summed E-state index contributed by atoms with van der Waals surface area (Å²) in [7, 11) is 0. The van der Waals surface area contributed by atoms with Gasteiger partial charge in [0.1, 0.15) is 5.75 Å². The first-order valence-electron chi connectivity index (χ1n) is 9.63. The summed E-state index contributed by atoms with van der Waals surface area (Å²) in [6.07, 6.45) is 2.13. The molecule has 1 aromatic rings. The number of ether oxygens (including phenoxy) is 1. The molecule has 2 amide bonds. The van der Waals surface area contributed by atoms with Gasteiger partial charge in [-0.15, -0.1) is 0 Å². The van der Waals surface area contributed by atoms with Crippen LogP contribution in [0.4, 0.5) is 14.5 Å². The molecule has 3 rings (SSSR count). The molecule has 2 N–H and O–H groups in total. The van der Waals surface area contributed by atoms with Crippen LogP contribution in [0.15, 0.2) is 18.2 Å². The lowest BCUT2D eigenvalue weighted by molar-refractivity contribution is -0.127. The van der Waals surface area contributed by atoms with Crippen LogP contribution < -0.4 is 15.4 Å². The third-order valence-electron chi connectivity index (χ3n) is 5.06. The molecule has 160 valence electrons. The van der Waals surface area contributed by atoms with Gasteiger partial charge >= 0.3 is 6.61 Å². The van der Waals surface area contributed by atoms with E-state index in [4.69, 9.17) is 11.6 Å². The van der Waals surface area contributed by atoms with Crippen molar-refractivity contribution < 1.29 is 23.1 Å². The van der Waals surface area contributed by atoms with Crippen molar-refractivity contribution in [1.29, 1.82) is 0 Å². The molecular weight excluding hydrogens is 406 g/mol.